The molecular formula is C44H32. The Balaban J connectivity index is 1.41. The Kier molecular flexibility index (Phi) is 5.87. The molecule has 8 aromatic carbocycles. The van der Waals surface area contributed by atoms with Crippen LogP contribution in [-0.2, 0) is 12.8 Å². The van der Waals surface area contributed by atoms with Crippen LogP contribution in [0.1, 0.15) is 24.0 Å². The zero-order valence-electron chi connectivity index (χ0n) is 24.7. The van der Waals surface area contributed by atoms with E-state index in [-0.39, 0.29) is 0 Å². The van der Waals surface area contributed by atoms with Gasteiger partial charge in [-0.05, 0) is 119 Å². The van der Waals surface area contributed by atoms with E-state index in [1.165, 1.54) is 89.3 Å². The van der Waals surface area contributed by atoms with Gasteiger partial charge >= 0.3 is 0 Å². The van der Waals surface area contributed by atoms with E-state index in [9.17, 15) is 0 Å². The quantitative estimate of drug-likeness (QED) is 0.189. The molecule has 0 radical (unpaired) electrons. The molecule has 8 aromatic rings. The molecule has 1 aliphatic carbocycles. The van der Waals surface area contributed by atoms with Crippen LogP contribution in [0.2, 0.25) is 0 Å². The molecule has 9 rings (SSSR count). The molecule has 0 aromatic heterocycles. The average molecular weight is 561 g/mol. The minimum atomic E-state index is 1.14. The van der Waals surface area contributed by atoms with Crippen LogP contribution >= 0.6 is 0 Å². The predicted molar refractivity (Wildman–Crippen MR) is 189 cm³/mol. The summed E-state index contributed by atoms with van der Waals surface area (Å²) >= 11 is 0. The van der Waals surface area contributed by atoms with Gasteiger partial charge in [-0.1, -0.05) is 140 Å². The molecule has 0 spiro atoms. The van der Waals surface area contributed by atoms with Gasteiger partial charge in [-0.3, -0.25) is 0 Å². The summed E-state index contributed by atoms with van der Waals surface area (Å²) in [5.74, 6) is 0. The summed E-state index contributed by atoms with van der Waals surface area (Å²) in [6, 6.07) is 54.2. The Labute approximate surface area is 258 Å². The van der Waals surface area contributed by atoms with Gasteiger partial charge in [-0.15, -0.1) is 0 Å². The highest BCUT2D eigenvalue weighted by Crippen LogP contribution is 2.48. The SMILES string of the molecule is c1ccc(-c2c3ccccc3c(-c3cc4ccccc4c4c3CCCC4)c3ccccc23)c(-c2cccc3ccccc23)c1. The van der Waals surface area contributed by atoms with Crippen molar-refractivity contribution in [3.05, 3.63) is 157 Å². The normalized spacial score (nSPS) is 13.1. The Morgan fingerprint density at radius 2 is 0.750 bits per heavy atom. The summed E-state index contributed by atoms with van der Waals surface area (Å²) in [6.07, 6.45) is 4.83. The third-order valence-corrected chi connectivity index (χ3v) is 9.86. The van der Waals surface area contributed by atoms with E-state index >= 15 is 0 Å². The molecule has 0 heterocycles. The summed E-state index contributed by atoms with van der Waals surface area (Å²) in [7, 11) is 0. The standard InChI is InChI=1S/C44H32/c1-3-17-31-29(14-1)16-13-27-34(31)35-20-7-8-22-37(35)43-38-23-9-11-25-40(38)44(41-26-12-10-24-39(41)43)42-28-30-15-2-4-18-32(30)33-19-5-6-21-36(33)42/h1-4,7-18,20,22-28H,5-6,19,21H2. The zero-order valence-corrected chi connectivity index (χ0v) is 24.7. The highest BCUT2D eigenvalue weighted by Gasteiger charge is 2.23. The van der Waals surface area contributed by atoms with Crippen molar-refractivity contribution in [1.82, 2.24) is 0 Å². The van der Waals surface area contributed by atoms with Crippen molar-refractivity contribution >= 4 is 43.1 Å². The van der Waals surface area contributed by atoms with Crippen LogP contribution < -0.4 is 0 Å². The van der Waals surface area contributed by atoms with E-state index in [1.54, 1.807) is 11.1 Å². The van der Waals surface area contributed by atoms with Crippen LogP contribution in [0, 0.1) is 0 Å². The lowest BCUT2D eigenvalue weighted by Gasteiger charge is -2.25. The largest absolute Gasteiger partial charge is 0.0616 e. The molecule has 0 heteroatoms. The fourth-order valence-electron chi connectivity index (χ4n) is 7.97. The fourth-order valence-corrected chi connectivity index (χ4v) is 7.97. The molecule has 44 heavy (non-hydrogen) atoms. The number of aryl methyl sites for hydroxylation is 1. The minimum Gasteiger partial charge on any atom is -0.0616 e. The van der Waals surface area contributed by atoms with Gasteiger partial charge in [0.2, 0.25) is 0 Å². The molecule has 0 unspecified atom stereocenters. The second-order valence-electron chi connectivity index (χ2n) is 12.2. The second kappa shape index (κ2) is 10.2. The summed E-state index contributed by atoms with van der Waals surface area (Å²) in [6.45, 7) is 0. The third-order valence-electron chi connectivity index (χ3n) is 9.86. The third kappa shape index (κ3) is 3.84. The van der Waals surface area contributed by atoms with Crippen molar-refractivity contribution in [1.29, 1.82) is 0 Å². The van der Waals surface area contributed by atoms with Gasteiger partial charge in [0.05, 0.1) is 0 Å². The number of hydrogen-bond donors (Lipinski definition) is 0. The van der Waals surface area contributed by atoms with Gasteiger partial charge in [0.25, 0.3) is 0 Å². The molecule has 0 amide bonds. The highest BCUT2D eigenvalue weighted by molar-refractivity contribution is 6.23. The van der Waals surface area contributed by atoms with Gasteiger partial charge in [-0.25, -0.2) is 0 Å². The first-order valence-electron chi connectivity index (χ1n) is 15.9. The number of benzene rings is 8. The summed E-state index contributed by atoms with van der Waals surface area (Å²) in [5, 5.41) is 10.6. The second-order valence-corrected chi connectivity index (χ2v) is 12.2. The van der Waals surface area contributed by atoms with E-state index in [1.807, 2.05) is 0 Å². The van der Waals surface area contributed by atoms with Crippen LogP contribution in [0.25, 0.3) is 76.5 Å². The van der Waals surface area contributed by atoms with E-state index in [4.69, 9.17) is 0 Å². The molecule has 0 aliphatic heterocycles. The maximum absolute atomic E-state index is 2.48. The van der Waals surface area contributed by atoms with Crippen LogP contribution in [0.5, 0.6) is 0 Å². The molecule has 1 aliphatic rings. The highest BCUT2D eigenvalue weighted by atomic mass is 14.3. The minimum absolute atomic E-state index is 1.14. The number of rotatable bonds is 3. The molecule has 0 saturated carbocycles. The van der Waals surface area contributed by atoms with Crippen molar-refractivity contribution in [3.63, 3.8) is 0 Å². The Bertz CT molecular complexity index is 2330. The molecule has 208 valence electrons. The number of hydrogen-bond acceptors (Lipinski definition) is 0. The first kappa shape index (κ1) is 25.3. The van der Waals surface area contributed by atoms with Crippen LogP contribution in [0.3, 0.4) is 0 Å². The van der Waals surface area contributed by atoms with Crippen LogP contribution in [0.4, 0.5) is 0 Å². The molecule has 0 nitrogen and oxygen atoms in total. The Morgan fingerprint density at radius 1 is 0.295 bits per heavy atom. The average Bonchev–Trinajstić information content (AvgIpc) is 3.10. The van der Waals surface area contributed by atoms with Crippen LogP contribution in [0.15, 0.2) is 146 Å². The summed E-state index contributed by atoms with van der Waals surface area (Å²) in [4.78, 5) is 0. The first-order chi connectivity index (χ1) is 21.9. The number of fused-ring (bicyclic) bond motifs is 6. The van der Waals surface area contributed by atoms with Crippen LogP contribution in [-0.4, -0.2) is 0 Å². The van der Waals surface area contributed by atoms with Gasteiger partial charge in [0.1, 0.15) is 0 Å². The lowest BCUT2D eigenvalue weighted by Crippen LogP contribution is -2.06. The van der Waals surface area contributed by atoms with Crippen molar-refractivity contribution < 1.29 is 0 Å². The molecular weight excluding hydrogens is 528 g/mol. The van der Waals surface area contributed by atoms with E-state index in [0.717, 1.165) is 12.8 Å². The molecule has 0 saturated heterocycles. The predicted octanol–water partition coefficient (Wildman–Crippen LogP) is 12.2. The zero-order chi connectivity index (χ0) is 29.0. The van der Waals surface area contributed by atoms with Crippen molar-refractivity contribution in [2.24, 2.45) is 0 Å². The van der Waals surface area contributed by atoms with Crippen molar-refractivity contribution in [2.45, 2.75) is 25.7 Å². The lowest BCUT2D eigenvalue weighted by atomic mass is 9.78. The van der Waals surface area contributed by atoms with E-state index < -0.39 is 0 Å². The molecule has 0 atom stereocenters. The van der Waals surface area contributed by atoms with E-state index in [2.05, 4.69) is 146 Å². The first-order valence-corrected chi connectivity index (χ1v) is 15.9. The molecule has 0 fully saturated rings. The van der Waals surface area contributed by atoms with Gasteiger partial charge in [0, 0.05) is 0 Å². The molecule has 0 bridgehead atoms. The fraction of sp³-hybridized carbons (Fsp3) is 0.0909. The van der Waals surface area contributed by atoms with Gasteiger partial charge < -0.3 is 0 Å². The topological polar surface area (TPSA) is 0 Å². The maximum Gasteiger partial charge on any atom is -0.00201 e. The van der Waals surface area contributed by atoms with Crippen molar-refractivity contribution in [2.75, 3.05) is 0 Å². The Morgan fingerprint density at radius 3 is 1.43 bits per heavy atom. The summed E-state index contributed by atoms with van der Waals surface area (Å²) in [5.41, 5.74) is 11.1. The van der Waals surface area contributed by atoms with Crippen molar-refractivity contribution in [3.8, 4) is 33.4 Å². The lowest BCUT2D eigenvalue weighted by molar-refractivity contribution is 0.691. The van der Waals surface area contributed by atoms with E-state index in [0.29, 0.717) is 0 Å². The Hall–Kier alpha value is -5.20. The van der Waals surface area contributed by atoms with Gasteiger partial charge in [-0.2, -0.15) is 0 Å². The summed E-state index contributed by atoms with van der Waals surface area (Å²) < 4.78 is 0. The monoisotopic (exact) mass is 560 g/mol. The van der Waals surface area contributed by atoms with Gasteiger partial charge in [0.15, 0.2) is 0 Å². The molecule has 0 N–H and O–H groups in total. The smallest absolute Gasteiger partial charge is 0.00201 e. The maximum atomic E-state index is 2.48.